The fourth-order valence-corrected chi connectivity index (χ4v) is 2.67. The second kappa shape index (κ2) is 7.61. The van der Waals surface area contributed by atoms with E-state index >= 15 is 0 Å². The van der Waals surface area contributed by atoms with E-state index in [1.54, 1.807) is 11.8 Å². The Bertz CT molecular complexity index is 601. The van der Waals surface area contributed by atoms with Crippen molar-refractivity contribution in [2.45, 2.75) is 24.3 Å². The first kappa shape index (κ1) is 16.0. The molecule has 0 saturated carbocycles. The SMILES string of the molecule is COC(=O)CC(C)SCc1nnc(-c2ccc(Br)cc2)o1. The molecule has 7 heteroatoms. The molecule has 0 aliphatic carbocycles. The molecule has 1 unspecified atom stereocenters. The van der Waals surface area contributed by atoms with E-state index in [0.717, 1.165) is 10.0 Å². The number of aromatic nitrogens is 2. The Morgan fingerprint density at radius 3 is 2.76 bits per heavy atom. The summed E-state index contributed by atoms with van der Waals surface area (Å²) in [6, 6.07) is 7.67. The van der Waals surface area contributed by atoms with E-state index in [4.69, 9.17) is 4.42 Å². The van der Waals surface area contributed by atoms with Gasteiger partial charge in [0.05, 0.1) is 19.3 Å². The topological polar surface area (TPSA) is 65.2 Å². The number of rotatable bonds is 6. The normalized spacial score (nSPS) is 12.1. The molecule has 0 aliphatic rings. The zero-order valence-corrected chi connectivity index (χ0v) is 14.1. The molecule has 2 aromatic rings. The van der Waals surface area contributed by atoms with Gasteiger partial charge in [0.2, 0.25) is 11.8 Å². The maximum absolute atomic E-state index is 11.2. The summed E-state index contributed by atoms with van der Waals surface area (Å²) in [5.74, 6) is 1.41. The molecule has 21 heavy (non-hydrogen) atoms. The maximum atomic E-state index is 11.2. The minimum atomic E-state index is -0.212. The van der Waals surface area contributed by atoms with Crippen LogP contribution in [0.4, 0.5) is 0 Å². The summed E-state index contributed by atoms with van der Waals surface area (Å²) in [7, 11) is 1.39. The van der Waals surface area contributed by atoms with Gasteiger partial charge in [-0.15, -0.1) is 22.0 Å². The fraction of sp³-hybridized carbons (Fsp3) is 0.357. The smallest absolute Gasteiger partial charge is 0.306 e. The summed E-state index contributed by atoms with van der Waals surface area (Å²) in [6.07, 6.45) is 0.370. The molecule has 0 N–H and O–H groups in total. The maximum Gasteiger partial charge on any atom is 0.306 e. The van der Waals surface area contributed by atoms with Gasteiger partial charge in [-0.2, -0.15) is 0 Å². The summed E-state index contributed by atoms with van der Waals surface area (Å²) in [6.45, 7) is 1.97. The molecule has 0 bridgehead atoms. The van der Waals surface area contributed by atoms with Gasteiger partial charge in [0.15, 0.2) is 0 Å². The Balaban J connectivity index is 1.91. The number of esters is 1. The Labute approximate surface area is 135 Å². The van der Waals surface area contributed by atoms with Crippen LogP contribution < -0.4 is 0 Å². The lowest BCUT2D eigenvalue weighted by Crippen LogP contribution is -2.08. The zero-order valence-electron chi connectivity index (χ0n) is 11.7. The van der Waals surface area contributed by atoms with Crippen molar-refractivity contribution in [3.8, 4) is 11.5 Å². The van der Waals surface area contributed by atoms with E-state index in [1.807, 2.05) is 31.2 Å². The molecule has 1 atom stereocenters. The Hall–Kier alpha value is -1.34. The number of carbonyl (C=O) groups is 1. The monoisotopic (exact) mass is 370 g/mol. The van der Waals surface area contributed by atoms with Crippen LogP contribution in [0.2, 0.25) is 0 Å². The minimum absolute atomic E-state index is 0.139. The predicted molar refractivity (Wildman–Crippen MR) is 84.8 cm³/mol. The van der Waals surface area contributed by atoms with Crippen molar-refractivity contribution in [2.24, 2.45) is 0 Å². The number of hydrogen-bond acceptors (Lipinski definition) is 6. The number of benzene rings is 1. The van der Waals surface area contributed by atoms with Gasteiger partial charge >= 0.3 is 5.97 Å². The lowest BCUT2D eigenvalue weighted by atomic mass is 10.2. The average molecular weight is 371 g/mol. The molecule has 1 heterocycles. The molecule has 0 amide bonds. The van der Waals surface area contributed by atoms with Crippen LogP contribution in [0.3, 0.4) is 0 Å². The van der Waals surface area contributed by atoms with Crippen molar-refractivity contribution < 1.29 is 13.9 Å². The summed E-state index contributed by atoms with van der Waals surface area (Å²) in [5, 5.41) is 8.19. The summed E-state index contributed by atoms with van der Waals surface area (Å²) < 4.78 is 11.3. The number of ether oxygens (including phenoxy) is 1. The number of thioether (sulfide) groups is 1. The Kier molecular flexibility index (Phi) is 5.81. The van der Waals surface area contributed by atoms with Crippen molar-refractivity contribution in [1.29, 1.82) is 0 Å². The van der Waals surface area contributed by atoms with Gasteiger partial charge in [-0.25, -0.2) is 0 Å². The molecule has 2 rings (SSSR count). The van der Waals surface area contributed by atoms with Crippen LogP contribution in [-0.4, -0.2) is 28.5 Å². The fourth-order valence-electron chi connectivity index (χ4n) is 1.61. The zero-order chi connectivity index (χ0) is 15.2. The molecule has 0 aliphatic heterocycles. The standard InChI is InChI=1S/C14H15BrN2O3S/c1-9(7-13(18)19-2)21-8-12-16-17-14(20-12)10-3-5-11(15)6-4-10/h3-6,9H,7-8H2,1-2H3. The van der Waals surface area contributed by atoms with Crippen molar-refractivity contribution in [3.63, 3.8) is 0 Å². The second-order valence-electron chi connectivity index (χ2n) is 4.41. The molecule has 1 aromatic carbocycles. The summed E-state index contributed by atoms with van der Waals surface area (Å²) in [4.78, 5) is 11.2. The number of hydrogen-bond donors (Lipinski definition) is 0. The van der Waals surface area contributed by atoms with E-state index in [0.29, 0.717) is 24.0 Å². The van der Waals surface area contributed by atoms with Gasteiger partial charge in [-0.05, 0) is 24.3 Å². The Morgan fingerprint density at radius 2 is 2.10 bits per heavy atom. The quantitative estimate of drug-likeness (QED) is 0.722. The number of methoxy groups -OCH3 is 1. The summed E-state index contributed by atoms with van der Waals surface area (Å²) in [5.41, 5.74) is 0.879. The van der Waals surface area contributed by atoms with E-state index in [1.165, 1.54) is 7.11 Å². The van der Waals surface area contributed by atoms with Crippen LogP contribution in [0.5, 0.6) is 0 Å². The molecular weight excluding hydrogens is 356 g/mol. The van der Waals surface area contributed by atoms with Crippen molar-refractivity contribution in [1.82, 2.24) is 10.2 Å². The van der Waals surface area contributed by atoms with E-state index in [9.17, 15) is 4.79 Å². The number of halogens is 1. The van der Waals surface area contributed by atoms with E-state index in [2.05, 4.69) is 30.9 Å². The highest BCUT2D eigenvalue weighted by molar-refractivity contribution is 9.10. The third kappa shape index (κ3) is 4.86. The lowest BCUT2D eigenvalue weighted by molar-refractivity contribution is -0.140. The van der Waals surface area contributed by atoms with Crippen LogP contribution in [0.1, 0.15) is 19.2 Å². The van der Waals surface area contributed by atoms with Crippen molar-refractivity contribution in [3.05, 3.63) is 34.6 Å². The third-order valence-electron chi connectivity index (χ3n) is 2.73. The Morgan fingerprint density at radius 1 is 1.38 bits per heavy atom. The molecule has 0 spiro atoms. The van der Waals surface area contributed by atoms with Gasteiger partial charge in [0.1, 0.15) is 0 Å². The first-order chi connectivity index (χ1) is 10.1. The van der Waals surface area contributed by atoms with Crippen molar-refractivity contribution in [2.75, 3.05) is 7.11 Å². The van der Waals surface area contributed by atoms with Gasteiger partial charge < -0.3 is 9.15 Å². The first-order valence-corrected chi connectivity index (χ1v) is 8.19. The minimum Gasteiger partial charge on any atom is -0.469 e. The van der Waals surface area contributed by atoms with Crippen LogP contribution in [0, 0.1) is 0 Å². The van der Waals surface area contributed by atoms with Crippen LogP contribution >= 0.6 is 27.7 Å². The molecule has 5 nitrogen and oxygen atoms in total. The molecule has 0 saturated heterocycles. The molecule has 112 valence electrons. The second-order valence-corrected chi connectivity index (χ2v) is 6.75. The highest BCUT2D eigenvalue weighted by Crippen LogP contribution is 2.24. The first-order valence-electron chi connectivity index (χ1n) is 6.35. The lowest BCUT2D eigenvalue weighted by Gasteiger charge is -2.07. The highest BCUT2D eigenvalue weighted by atomic mass is 79.9. The molecule has 0 radical (unpaired) electrons. The highest BCUT2D eigenvalue weighted by Gasteiger charge is 2.13. The van der Waals surface area contributed by atoms with Crippen LogP contribution in [0.25, 0.3) is 11.5 Å². The van der Waals surface area contributed by atoms with Gasteiger partial charge in [0.25, 0.3) is 0 Å². The predicted octanol–water partition coefficient (Wildman–Crippen LogP) is 3.68. The van der Waals surface area contributed by atoms with Crippen LogP contribution in [0.15, 0.2) is 33.2 Å². The van der Waals surface area contributed by atoms with Gasteiger partial charge in [0, 0.05) is 15.3 Å². The van der Waals surface area contributed by atoms with Crippen molar-refractivity contribution >= 4 is 33.7 Å². The third-order valence-corrected chi connectivity index (χ3v) is 4.41. The summed E-state index contributed by atoms with van der Waals surface area (Å²) >= 11 is 4.96. The van der Waals surface area contributed by atoms with Crippen LogP contribution in [-0.2, 0) is 15.3 Å². The average Bonchev–Trinajstić information content (AvgIpc) is 2.94. The van der Waals surface area contributed by atoms with E-state index in [-0.39, 0.29) is 11.2 Å². The largest absolute Gasteiger partial charge is 0.469 e. The van der Waals surface area contributed by atoms with E-state index < -0.39 is 0 Å². The van der Waals surface area contributed by atoms with Gasteiger partial charge in [-0.3, -0.25) is 4.79 Å². The molecular formula is C14H15BrN2O3S. The molecule has 1 aromatic heterocycles. The molecule has 0 fully saturated rings. The number of nitrogens with zero attached hydrogens (tertiary/aromatic N) is 2. The number of carbonyl (C=O) groups excluding carboxylic acids is 1. The van der Waals surface area contributed by atoms with Gasteiger partial charge in [-0.1, -0.05) is 22.9 Å².